The Kier molecular flexibility index (Phi) is 6.37. The fraction of sp³-hybridized carbons (Fsp3) is 0.450. The van der Waals surface area contributed by atoms with Crippen molar-refractivity contribution in [1.82, 2.24) is 19.7 Å². The van der Waals surface area contributed by atoms with Crippen LogP contribution in [0, 0.1) is 0 Å². The van der Waals surface area contributed by atoms with Crippen molar-refractivity contribution in [3.63, 3.8) is 0 Å². The zero-order chi connectivity index (χ0) is 20.3. The molecule has 3 rings (SSSR count). The second kappa shape index (κ2) is 8.59. The molecule has 28 heavy (non-hydrogen) atoms. The number of benzene rings is 1. The fourth-order valence-corrected chi connectivity index (χ4v) is 3.69. The lowest BCUT2D eigenvalue weighted by molar-refractivity contribution is 0.0818. The van der Waals surface area contributed by atoms with Gasteiger partial charge in [-0.1, -0.05) is 31.2 Å². The van der Waals surface area contributed by atoms with Gasteiger partial charge in [0.2, 0.25) is 0 Å². The van der Waals surface area contributed by atoms with E-state index in [1.54, 1.807) is 6.07 Å². The zero-order valence-electron chi connectivity index (χ0n) is 17.1. The van der Waals surface area contributed by atoms with Gasteiger partial charge in [0.25, 0.3) is 0 Å². The molecule has 0 saturated heterocycles. The number of rotatable bonds is 8. The first kappa shape index (κ1) is 20.8. The molecule has 2 aromatic heterocycles. The summed E-state index contributed by atoms with van der Waals surface area (Å²) in [7, 11) is -1.13. The number of fused-ring (bicyclic) bond motifs is 1. The van der Waals surface area contributed by atoms with E-state index in [2.05, 4.69) is 29.6 Å². The lowest BCUT2D eigenvalue weighted by atomic mass is 10.1. The third kappa shape index (κ3) is 5.30. The number of aromatic nitrogens is 4. The summed E-state index contributed by atoms with van der Waals surface area (Å²) in [5.41, 5.74) is 2.38. The third-order valence-electron chi connectivity index (χ3n) is 4.18. The maximum absolute atomic E-state index is 6.07. The molecule has 0 aliphatic rings. The molecule has 2 heterocycles. The number of halogens is 1. The molecule has 0 aliphatic carbocycles. The molecule has 8 heteroatoms. The quantitative estimate of drug-likeness (QED) is 0.284. The first-order valence-electron chi connectivity index (χ1n) is 9.46. The molecule has 1 aromatic carbocycles. The van der Waals surface area contributed by atoms with Crippen LogP contribution in [0.25, 0.3) is 22.3 Å². The van der Waals surface area contributed by atoms with Crippen molar-refractivity contribution in [3.8, 4) is 17.1 Å². The standard InChI is InChI=1S/C20H27ClN4O2Si/c1-14(2)27-15-6-7-18-16(10-15)20(17-11-19(21)23-12-22-17)24-25(18)13-26-8-9-28(3,4)5/h6-7,10-12,14H,8-9,13H2,1-5H3. The molecule has 3 aromatic rings. The van der Waals surface area contributed by atoms with E-state index in [0.29, 0.717) is 17.6 Å². The van der Waals surface area contributed by atoms with Gasteiger partial charge < -0.3 is 9.47 Å². The number of nitrogens with zero attached hydrogens (tertiary/aromatic N) is 4. The van der Waals surface area contributed by atoms with Crippen LogP contribution in [-0.2, 0) is 11.5 Å². The topological polar surface area (TPSA) is 62.1 Å². The van der Waals surface area contributed by atoms with Gasteiger partial charge in [-0.3, -0.25) is 0 Å². The van der Waals surface area contributed by atoms with Crippen LogP contribution in [0.5, 0.6) is 5.75 Å². The average molecular weight is 419 g/mol. The minimum Gasteiger partial charge on any atom is -0.491 e. The Labute approximate surface area is 171 Å². The molecule has 0 radical (unpaired) electrons. The van der Waals surface area contributed by atoms with Crippen molar-refractivity contribution in [2.45, 2.75) is 52.4 Å². The molecule has 0 bridgehead atoms. The van der Waals surface area contributed by atoms with Crippen LogP contribution in [0.4, 0.5) is 0 Å². The summed E-state index contributed by atoms with van der Waals surface area (Å²) in [6.07, 6.45) is 1.54. The van der Waals surface area contributed by atoms with Crippen LogP contribution in [0.2, 0.25) is 30.8 Å². The summed E-state index contributed by atoms with van der Waals surface area (Å²) in [5, 5.41) is 6.08. The van der Waals surface area contributed by atoms with Crippen LogP contribution in [0.3, 0.4) is 0 Å². The van der Waals surface area contributed by atoms with Gasteiger partial charge in [0.15, 0.2) is 0 Å². The molecule has 0 N–H and O–H groups in total. The maximum Gasteiger partial charge on any atom is 0.140 e. The van der Waals surface area contributed by atoms with Gasteiger partial charge in [-0.25, -0.2) is 14.6 Å². The third-order valence-corrected chi connectivity index (χ3v) is 6.09. The van der Waals surface area contributed by atoms with Crippen LogP contribution in [-0.4, -0.2) is 40.5 Å². The maximum atomic E-state index is 6.07. The normalized spacial score (nSPS) is 12.1. The molecule has 0 unspecified atom stereocenters. The number of hydrogen-bond donors (Lipinski definition) is 0. The minimum atomic E-state index is -1.13. The molecule has 0 fully saturated rings. The molecule has 0 amide bonds. The molecule has 0 spiro atoms. The van der Waals surface area contributed by atoms with E-state index in [0.717, 1.165) is 35.0 Å². The van der Waals surface area contributed by atoms with Gasteiger partial charge >= 0.3 is 0 Å². The fourth-order valence-electron chi connectivity index (χ4n) is 2.78. The van der Waals surface area contributed by atoms with Crippen molar-refractivity contribution < 1.29 is 9.47 Å². The van der Waals surface area contributed by atoms with Crippen molar-refractivity contribution in [1.29, 1.82) is 0 Å². The van der Waals surface area contributed by atoms with Crippen LogP contribution >= 0.6 is 11.6 Å². The largest absolute Gasteiger partial charge is 0.491 e. The first-order chi connectivity index (χ1) is 13.2. The molecule has 6 nitrogen and oxygen atoms in total. The highest BCUT2D eigenvalue weighted by atomic mass is 35.5. The second-order valence-corrected chi connectivity index (χ2v) is 14.3. The Balaban J connectivity index is 1.95. The van der Waals surface area contributed by atoms with Gasteiger partial charge in [-0.05, 0) is 38.1 Å². The predicted molar refractivity (Wildman–Crippen MR) is 116 cm³/mol. The SMILES string of the molecule is CC(C)Oc1ccc2c(c1)c(-c1cc(Cl)ncn1)nn2COCC[Si](C)(C)C. The highest BCUT2D eigenvalue weighted by Crippen LogP contribution is 2.31. The Morgan fingerprint density at radius 3 is 2.61 bits per heavy atom. The Hall–Kier alpha value is -1.96. The number of hydrogen-bond acceptors (Lipinski definition) is 5. The van der Waals surface area contributed by atoms with Crippen molar-refractivity contribution in [2.75, 3.05) is 6.61 Å². The summed E-state index contributed by atoms with van der Waals surface area (Å²) in [6.45, 7) is 12.2. The lowest BCUT2D eigenvalue weighted by Gasteiger charge is -2.15. The highest BCUT2D eigenvalue weighted by molar-refractivity contribution is 6.76. The first-order valence-corrected chi connectivity index (χ1v) is 13.5. The second-order valence-electron chi connectivity index (χ2n) is 8.27. The van der Waals surface area contributed by atoms with E-state index in [-0.39, 0.29) is 6.10 Å². The Morgan fingerprint density at radius 2 is 1.93 bits per heavy atom. The van der Waals surface area contributed by atoms with Gasteiger partial charge in [0, 0.05) is 26.1 Å². The van der Waals surface area contributed by atoms with E-state index < -0.39 is 8.07 Å². The molecule has 0 atom stereocenters. The predicted octanol–water partition coefficient (Wildman–Crippen LogP) is 5.25. The van der Waals surface area contributed by atoms with Gasteiger partial charge in [-0.2, -0.15) is 5.10 Å². The Bertz CT molecular complexity index is 953. The molecule has 0 aliphatic heterocycles. The Morgan fingerprint density at radius 1 is 1.14 bits per heavy atom. The summed E-state index contributed by atoms with van der Waals surface area (Å²) >= 11 is 6.07. The van der Waals surface area contributed by atoms with E-state index in [9.17, 15) is 0 Å². The van der Waals surface area contributed by atoms with E-state index in [1.165, 1.54) is 6.33 Å². The summed E-state index contributed by atoms with van der Waals surface area (Å²) in [6, 6.07) is 8.79. The van der Waals surface area contributed by atoms with Crippen molar-refractivity contribution in [3.05, 3.63) is 35.7 Å². The molecular formula is C20H27ClN4O2Si. The number of ether oxygens (including phenoxy) is 2. The summed E-state index contributed by atoms with van der Waals surface area (Å²) in [4.78, 5) is 8.31. The molecule has 150 valence electrons. The van der Waals surface area contributed by atoms with E-state index >= 15 is 0 Å². The van der Waals surface area contributed by atoms with Gasteiger partial charge in [0.1, 0.15) is 29.7 Å². The molecular weight excluding hydrogens is 392 g/mol. The van der Waals surface area contributed by atoms with Crippen LogP contribution in [0.1, 0.15) is 13.8 Å². The minimum absolute atomic E-state index is 0.0920. The van der Waals surface area contributed by atoms with Gasteiger partial charge in [-0.15, -0.1) is 0 Å². The monoisotopic (exact) mass is 418 g/mol. The molecule has 0 saturated carbocycles. The highest BCUT2D eigenvalue weighted by Gasteiger charge is 2.16. The van der Waals surface area contributed by atoms with Crippen molar-refractivity contribution >= 4 is 30.6 Å². The van der Waals surface area contributed by atoms with Crippen LogP contribution in [0.15, 0.2) is 30.6 Å². The summed E-state index contributed by atoms with van der Waals surface area (Å²) in [5.74, 6) is 0.795. The summed E-state index contributed by atoms with van der Waals surface area (Å²) < 4.78 is 13.6. The smallest absolute Gasteiger partial charge is 0.140 e. The lowest BCUT2D eigenvalue weighted by Crippen LogP contribution is -2.22. The van der Waals surface area contributed by atoms with Gasteiger partial charge in [0.05, 0.1) is 17.3 Å². The van der Waals surface area contributed by atoms with Crippen LogP contribution < -0.4 is 4.74 Å². The van der Waals surface area contributed by atoms with Crippen molar-refractivity contribution in [2.24, 2.45) is 0 Å². The zero-order valence-corrected chi connectivity index (χ0v) is 18.8. The van der Waals surface area contributed by atoms with E-state index in [1.807, 2.05) is 36.7 Å². The van der Waals surface area contributed by atoms with E-state index in [4.69, 9.17) is 26.2 Å². The average Bonchev–Trinajstić information content (AvgIpc) is 2.95.